The van der Waals surface area contributed by atoms with E-state index in [0.717, 1.165) is 44.0 Å². The summed E-state index contributed by atoms with van der Waals surface area (Å²) in [7, 11) is 2.10. The lowest BCUT2D eigenvalue weighted by molar-refractivity contribution is 0.102. The summed E-state index contributed by atoms with van der Waals surface area (Å²) >= 11 is 2.00. The number of halogens is 3. The lowest BCUT2D eigenvalue weighted by Crippen LogP contribution is -2.44. The Morgan fingerprint density at radius 3 is 2.57 bits per heavy atom. The molecule has 0 aliphatic carbocycles. The molecular formula is C27H26F2IN5O2. The molecule has 7 nitrogen and oxygen atoms in total. The fourth-order valence-electron chi connectivity index (χ4n) is 4.36. The second-order valence-corrected chi connectivity index (χ2v) is 9.75. The molecule has 5 rings (SSSR count). The van der Waals surface area contributed by atoms with Gasteiger partial charge in [0.1, 0.15) is 24.0 Å². The summed E-state index contributed by atoms with van der Waals surface area (Å²) in [6.07, 6.45) is 0. The predicted octanol–water partition coefficient (Wildman–Crippen LogP) is 5.36. The fraction of sp³-hybridized carbons (Fsp3) is 0.259. The van der Waals surface area contributed by atoms with Crippen LogP contribution in [0, 0.1) is 11.6 Å². The quantitative estimate of drug-likeness (QED) is 0.216. The third-order valence-corrected chi connectivity index (χ3v) is 7.34. The summed E-state index contributed by atoms with van der Waals surface area (Å²) in [6, 6.07) is 15.0. The van der Waals surface area contributed by atoms with Crippen molar-refractivity contribution in [3.63, 3.8) is 0 Å². The van der Waals surface area contributed by atoms with E-state index in [2.05, 4.69) is 32.4 Å². The Morgan fingerprint density at radius 2 is 1.81 bits per heavy atom. The Balaban J connectivity index is 1.32. The van der Waals surface area contributed by atoms with E-state index in [1.54, 1.807) is 24.3 Å². The smallest absolute Gasteiger partial charge is 0.256 e. The van der Waals surface area contributed by atoms with Crippen LogP contribution in [-0.4, -0.2) is 54.2 Å². The number of likely N-dealkylation sites (N-methyl/N-ethyl adjacent to an activating group) is 1. The highest BCUT2D eigenvalue weighted by molar-refractivity contribution is 14.1. The van der Waals surface area contributed by atoms with Crippen LogP contribution in [0.5, 0.6) is 5.75 Å². The molecule has 0 saturated carbocycles. The maximum atomic E-state index is 14.3. The molecule has 0 bridgehead atoms. The molecule has 1 amide bonds. The molecule has 2 heterocycles. The number of amides is 1. The highest BCUT2D eigenvalue weighted by Gasteiger charge is 2.18. The zero-order valence-corrected chi connectivity index (χ0v) is 22.4. The van der Waals surface area contributed by atoms with Crippen molar-refractivity contribution in [1.82, 2.24) is 15.1 Å². The van der Waals surface area contributed by atoms with Gasteiger partial charge in [-0.1, -0.05) is 28.7 Å². The molecule has 1 saturated heterocycles. The number of aromatic amines is 1. The van der Waals surface area contributed by atoms with Crippen molar-refractivity contribution in [3.05, 3.63) is 82.9 Å². The van der Waals surface area contributed by atoms with Crippen LogP contribution in [0.3, 0.4) is 0 Å². The molecule has 1 aliphatic heterocycles. The minimum atomic E-state index is -0.510. The second-order valence-electron chi connectivity index (χ2n) is 8.98. The van der Waals surface area contributed by atoms with Gasteiger partial charge in [0.05, 0.1) is 5.52 Å². The van der Waals surface area contributed by atoms with Crippen molar-refractivity contribution in [2.45, 2.75) is 11.0 Å². The maximum Gasteiger partial charge on any atom is 0.256 e. The van der Waals surface area contributed by atoms with Gasteiger partial charge in [-0.25, -0.2) is 8.78 Å². The average molecular weight is 617 g/mol. The number of alkyl halides is 1. The number of hydrogen-bond donors (Lipinski definition) is 2. The van der Waals surface area contributed by atoms with Crippen molar-refractivity contribution >= 4 is 50.9 Å². The number of ether oxygens (including phenoxy) is 1. The zero-order valence-electron chi connectivity index (χ0n) is 20.2. The van der Waals surface area contributed by atoms with Gasteiger partial charge in [-0.3, -0.25) is 9.89 Å². The van der Waals surface area contributed by atoms with Crippen LogP contribution in [-0.2, 0) is 11.0 Å². The molecule has 1 aliphatic rings. The van der Waals surface area contributed by atoms with Crippen LogP contribution in [0.15, 0.2) is 54.6 Å². The van der Waals surface area contributed by atoms with Crippen molar-refractivity contribution in [2.24, 2.45) is 0 Å². The average Bonchev–Trinajstić information content (AvgIpc) is 3.31. The Hall–Kier alpha value is -3.25. The van der Waals surface area contributed by atoms with E-state index >= 15 is 0 Å². The van der Waals surface area contributed by atoms with E-state index in [0.29, 0.717) is 32.5 Å². The van der Waals surface area contributed by atoms with Crippen LogP contribution in [0.4, 0.5) is 20.3 Å². The third-order valence-electron chi connectivity index (χ3n) is 6.58. The largest absolute Gasteiger partial charge is 0.489 e. The summed E-state index contributed by atoms with van der Waals surface area (Å²) in [5.74, 6) is -0.431. The highest BCUT2D eigenvalue weighted by atomic mass is 127. The number of aromatic nitrogens is 2. The first-order valence-corrected chi connectivity index (χ1v) is 13.4. The predicted molar refractivity (Wildman–Crippen MR) is 149 cm³/mol. The Bertz CT molecular complexity index is 1440. The van der Waals surface area contributed by atoms with E-state index in [4.69, 9.17) is 4.74 Å². The fourth-order valence-corrected chi connectivity index (χ4v) is 5.18. The molecule has 0 spiro atoms. The number of carbonyl (C=O) groups is 1. The van der Waals surface area contributed by atoms with Crippen molar-refractivity contribution in [3.8, 4) is 5.75 Å². The minimum absolute atomic E-state index is 0.119. The van der Waals surface area contributed by atoms with E-state index in [9.17, 15) is 13.6 Å². The lowest BCUT2D eigenvalue weighted by Gasteiger charge is -2.34. The third kappa shape index (κ3) is 5.54. The van der Waals surface area contributed by atoms with E-state index in [1.807, 2.05) is 40.8 Å². The molecule has 0 unspecified atom stereocenters. The van der Waals surface area contributed by atoms with Gasteiger partial charge in [-0.2, -0.15) is 5.10 Å². The Kier molecular flexibility index (Phi) is 7.56. The molecule has 37 heavy (non-hydrogen) atoms. The molecule has 2 N–H and O–H groups in total. The highest BCUT2D eigenvalue weighted by Crippen LogP contribution is 2.28. The van der Waals surface area contributed by atoms with Crippen LogP contribution in [0.25, 0.3) is 10.9 Å². The summed E-state index contributed by atoms with van der Waals surface area (Å²) < 4.78 is 34.6. The van der Waals surface area contributed by atoms with Gasteiger partial charge in [0.15, 0.2) is 5.82 Å². The van der Waals surface area contributed by atoms with Crippen LogP contribution >= 0.6 is 22.6 Å². The van der Waals surface area contributed by atoms with Gasteiger partial charge >= 0.3 is 0 Å². The van der Waals surface area contributed by atoms with Gasteiger partial charge in [0.2, 0.25) is 0 Å². The number of H-pyrrole nitrogens is 1. The number of carbonyl (C=O) groups excluding carboxylic acids is 1. The first-order valence-electron chi connectivity index (χ1n) is 11.9. The number of nitrogens with one attached hydrogen (secondary N) is 2. The molecule has 0 radical (unpaired) electrons. The zero-order chi connectivity index (χ0) is 25.9. The molecular weight excluding hydrogens is 591 g/mol. The number of benzene rings is 3. The lowest BCUT2D eigenvalue weighted by atomic mass is 10.1. The van der Waals surface area contributed by atoms with Crippen molar-refractivity contribution < 1.29 is 18.3 Å². The van der Waals surface area contributed by atoms with Crippen LogP contribution in [0.2, 0.25) is 0 Å². The summed E-state index contributed by atoms with van der Waals surface area (Å²) in [4.78, 5) is 17.6. The summed E-state index contributed by atoms with van der Waals surface area (Å²) in [5.41, 5.74) is 2.73. The maximum absolute atomic E-state index is 14.3. The second kappa shape index (κ2) is 11.0. The number of anilines is 2. The molecule has 1 aromatic heterocycles. The molecule has 3 aromatic carbocycles. The van der Waals surface area contributed by atoms with Gasteiger partial charge in [0.25, 0.3) is 5.91 Å². The SMILES string of the molecule is CN1CCN(c2cccc(C(=O)Nc3n[nH]c4ccc(OCc5c(F)ccc(F)c5CI)cc34)c2)CC1. The van der Waals surface area contributed by atoms with Gasteiger partial charge in [-0.15, -0.1) is 0 Å². The normalized spacial score (nSPS) is 14.2. The number of rotatable bonds is 7. The summed E-state index contributed by atoms with van der Waals surface area (Å²) in [6.45, 7) is 3.66. The first kappa shape index (κ1) is 25.4. The molecule has 0 atom stereocenters. The van der Waals surface area contributed by atoms with Crippen molar-refractivity contribution in [1.29, 1.82) is 0 Å². The van der Waals surface area contributed by atoms with E-state index in [1.165, 1.54) is 0 Å². The number of nitrogens with zero attached hydrogens (tertiary/aromatic N) is 3. The Morgan fingerprint density at radius 1 is 1.05 bits per heavy atom. The molecule has 10 heteroatoms. The van der Waals surface area contributed by atoms with Crippen molar-refractivity contribution in [2.75, 3.05) is 43.4 Å². The van der Waals surface area contributed by atoms with Gasteiger partial charge in [-0.05, 0) is 55.6 Å². The van der Waals surface area contributed by atoms with Crippen LogP contribution in [0.1, 0.15) is 21.5 Å². The topological polar surface area (TPSA) is 73.5 Å². The summed E-state index contributed by atoms with van der Waals surface area (Å²) in [5, 5.41) is 10.7. The van der Waals surface area contributed by atoms with E-state index < -0.39 is 11.6 Å². The van der Waals surface area contributed by atoms with Gasteiger partial charge in [0, 0.05) is 58.4 Å². The first-order chi connectivity index (χ1) is 17.9. The number of hydrogen-bond acceptors (Lipinski definition) is 5. The molecule has 192 valence electrons. The Labute approximate surface area is 226 Å². The number of piperazine rings is 1. The van der Waals surface area contributed by atoms with Gasteiger partial charge < -0.3 is 19.9 Å². The standard InChI is InChI=1S/C27H26F2IN5O2/c1-34-9-11-35(12-10-34)18-4-2-3-17(13-18)27(36)31-26-20-14-19(5-8-25(20)32-33-26)37-16-22-21(15-30)23(28)6-7-24(22)29/h2-8,13-14H,9-12,15-16H2,1H3,(H2,31,32,33,36). The minimum Gasteiger partial charge on any atom is -0.489 e. The van der Waals surface area contributed by atoms with E-state index in [-0.39, 0.29) is 23.6 Å². The monoisotopic (exact) mass is 617 g/mol. The molecule has 4 aromatic rings. The van der Waals surface area contributed by atoms with Crippen LogP contribution < -0.4 is 15.0 Å². The molecule has 1 fully saturated rings. The number of fused-ring (bicyclic) bond motifs is 1.